The Morgan fingerprint density at radius 1 is 1.42 bits per heavy atom. The summed E-state index contributed by atoms with van der Waals surface area (Å²) >= 11 is 0. The number of rotatable bonds is 7. The van der Waals surface area contributed by atoms with Gasteiger partial charge in [0.25, 0.3) is 0 Å². The van der Waals surface area contributed by atoms with Crippen molar-refractivity contribution in [2.75, 3.05) is 13.2 Å². The predicted molar refractivity (Wildman–Crippen MR) is 72.6 cm³/mol. The molecule has 0 spiro atoms. The molecule has 5 heteroatoms. The highest BCUT2D eigenvalue weighted by molar-refractivity contribution is 5.02. The van der Waals surface area contributed by atoms with E-state index in [-0.39, 0.29) is 0 Å². The van der Waals surface area contributed by atoms with E-state index in [0.29, 0.717) is 30.8 Å². The van der Waals surface area contributed by atoms with Gasteiger partial charge in [0.2, 0.25) is 5.89 Å². The summed E-state index contributed by atoms with van der Waals surface area (Å²) in [5, 5.41) is 4.02. The van der Waals surface area contributed by atoms with Gasteiger partial charge in [0.1, 0.15) is 5.54 Å². The fourth-order valence-corrected chi connectivity index (χ4v) is 2.52. The van der Waals surface area contributed by atoms with Crippen molar-refractivity contribution >= 4 is 0 Å². The quantitative estimate of drug-likeness (QED) is 0.768. The highest BCUT2D eigenvalue weighted by Gasteiger charge is 2.28. The Morgan fingerprint density at radius 2 is 2.16 bits per heavy atom. The molecule has 1 fully saturated rings. The van der Waals surface area contributed by atoms with Gasteiger partial charge in [-0.3, -0.25) is 0 Å². The van der Waals surface area contributed by atoms with Gasteiger partial charge in [-0.15, -0.1) is 0 Å². The summed E-state index contributed by atoms with van der Waals surface area (Å²) in [4.78, 5) is 4.44. The fourth-order valence-electron chi connectivity index (χ4n) is 2.52. The van der Waals surface area contributed by atoms with E-state index in [2.05, 4.69) is 17.1 Å². The van der Waals surface area contributed by atoms with Crippen molar-refractivity contribution in [2.45, 2.75) is 57.9 Å². The van der Waals surface area contributed by atoms with E-state index >= 15 is 0 Å². The Morgan fingerprint density at radius 3 is 2.84 bits per heavy atom. The maximum atomic E-state index is 6.19. The Labute approximate surface area is 114 Å². The highest BCUT2D eigenvalue weighted by atomic mass is 16.5. The maximum Gasteiger partial charge on any atom is 0.226 e. The van der Waals surface area contributed by atoms with Gasteiger partial charge in [0.05, 0.1) is 6.61 Å². The van der Waals surface area contributed by atoms with E-state index in [0.717, 1.165) is 12.8 Å². The SMILES string of the molecule is CCCOCC(C)(N)c1noc(CC2CCCC2)n1. The largest absolute Gasteiger partial charge is 0.379 e. The third kappa shape index (κ3) is 4.01. The van der Waals surface area contributed by atoms with Gasteiger partial charge in [-0.1, -0.05) is 24.9 Å². The predicted octanol–water partition coefficient (Wildman–Crippen LogP) is 2.40. The van der Waals surface area contributed by atoms with E-state index in [1.165, 1.54) is 25.7 Å². The Bertz CT molecular complexity index is 384. The number of aromatic nitrogens is 2. The van der Waals surface area contributed by atoms with Crippen molar-refractivity contribution in [1.82, 2.24) is 10.1 Å². The van der Waals surface area contributed by atoms with Crippen LogP contribution in [0.15, 0.2) is 4.52 Å². The maximum absolute atomic E-state index is 6.19. The minimum Gasteiger partial charge on any atom is -0.379 e. The van der Waals surface area contributed by atoms with Crippen LogP contribution in [0.25, 0.3) is 0 Å². The molecule has 1 heterocycles. The van der Waals surface area contributed by atoms with Crippen LogP contribution in [-0.2, 0) is 16.7 Å². The van der Waals surface area contributed by atoms with Gasteiger partial charge in [0.15, 0.2) is 5.82 Å². The third-order valence-corrected chi connectivity index (χ3v) is 3.67. The first-order valence-electron chi connectivity index (χ1n) is 7.31. The number of hydrogen-bond acceptors (Lipinski definition) is 5. The molecule has 0 aromatic carbocycles. The monoisotopic (exact) mass is 267 g/mol. The number of nitrogens with zero attached hydrogens (tertiary/aromatic N) is 2. The van der Waals surface area contributed by atoms with Crippen molar-refractivity contribution < 1.29 is 9.26 Å². The molecule has 0 amide bonds. The van der Waals surface area contributed by atoms with Crippen LogP contribution in [0.3, 0.4) is 0 Å². The molecule has 2 rings (SSSR count). The van der Waals surface area contributed by atoms with Crippen molar-refractivity contribution in [3.8, 4) is 0 Å². The second-order valence-electron chi connectivity index (χ2n) is 5.84. The Balaban J connectivity index is 1.90. The summed E-state index contributed by atoms with van der Waals surface area (Å²) in [6, 6.07) is 0. The van der Waals surface area contributed by atoms with Crippen molar-refractivity contribution in [3.05, 3.63) is 11.7 Å². The summed E-state index contributed by atoms with van der Waals surface area (Å²) in [6.07, 6.45) is 7.07. The van der Waals surface area contributed by atoms with Gasteiger partial charge < -0.3 is 15.0 Å². The summed E-state index contributed by atoms with van der Waals surface area (Å²) in [7, 11) is 0. The minimum atomic E-state index is -0.674. The topological polar surface area (TPSA) is 74.2 Å². The molecule has 1 aromatic heterocycles. The van der Waals surface area contributed by atoms with E-state index < -0.39 is 5.54 Å². The molecular formula is C14H25N3O2. The molecule has 0 radical (unpaired) electrons. The second-order valence-corrected chi connectivity index (χ2v) is 5.84. The zero-order chi connectivity index (χ0) is 13.7. The van der Waals surface area contributed by atoms with Crippen LogP contribution in [-0.4, -0.2) is 23.4 Å². The van der Waals surface area contributed by atoms with Crippen LogP contribution in [0, 0.1) is 5.92 Å². The lowest BCUT2D eigenvalue weighted by Gasteiger charge is -2.19. The van der Waals surface area contributed by atoms with Crippen LogP contribution in [0.4, 0.5) is 0 Å². The molecular weight excluding hydrogens is 242 g/mol. The van der Waals surface area contributed by atoms with Crippen LogP contribution >= 0.6 is 0 Å². The zero-order valence-electron chi connectivity index (χ0n) is 12.0. The molecule has 1 unspecified atom stereocenters. The van der Waals surface area contributed by atoms with Crippen LogP contribution in [0.1, 0.15) is 57.7 Å². The number of hydrogen-bond donors (Lipinski definition) is 1. The average molecular weight is 267 g/mol. The molecule has 0 saturated heterocycles. The molecule has 1 aliphatic carbocycles. The molecule has 19 heavy (non-hydrogen) atoms. The minimum absolute atomic E-state index is 0.420. The van der Waals surface area contributed by atoms with Crippen molar-refractivity contribution in [3.63, 3.8) is 0 Å². The molecule has 5 nitrogen and oxygen atoms in total. The van der Waals surface area contributed by atoms with Gasteiger partial charge >= 0.3 is 0 Å². The zero-order valence-corrected chi connectivity index (χ0v) is 12.0. The lowest BCUT2D eigenvalue weighted by molar-refractivity contribution is 0.0867. The summed E-state index contributed by atoms with van der Waals surface area (Å²) < 4.78 is 10.8. The van der Waals surface area contributed by atoms with E-state index in [4.69, 9.17) is 15.0 Å². The fraction of sp³-hybridized carbons (Fsp3) is 0.857. The third-order valence-electron chi connectivity index (χ3n) is 3.67. The molecule has 108 valence electrons. The standard InChI is InChI=1S/C14H25N3O2/c1-3-8-18-10-14(2,15)13-16-12(19-17-13)9-11-6-4-5-7-11/h11H,3-10,15H2,1-2H3. The van der Waals surface area contributed by atoms with Crippen LogP contribution < -0.4 is 5.73 Å². The summed E-state index contributed by atoms with van der Waals surface area (Å²) in [5.74, 6) is 1.97. The lowest BCUT2D eigenvalue weighted by atomic mass is 10.0. The molecule has 1 atom stereocenters. The smallest absolute Gasteiger partial charge is 0.226 e. The van der Waals surface area contributed by atoms with E-state index in [1.807, 2.05) is 6.92 Å². The Hall–Kier alpha value is -0.940. The van der Waals surface area contributed by atoms with Gasteiger partial charge in [0, 0.05) is 13.0 Å². The van der Waals surface area contributed by atoms with Crippen LogP contribution in [0.5, 0.6) is 0 Å². The summed E-state index contributed by atoms with van der Waals surface area (Å²) in [5.41, 5.74) is 5.52. The van der Waals surface area contributed by atoms with Gasteiger partial charge in [-0.05, 0) is 32.1 Å². The first kappa shape index (κ1) is 14.5. The molecule has 2 N–H and O–H groups in total. The van der Waals surface area contributed by atoms with E-state index in [1.54, 1.807) is 0 Å². The molecule has 1 aliphatic rings. The van der Waals surface area contributed by atoms with Crippen molar-refractivity contribution in [2.24, 2.45) is 11.7 Å². The number of ether oxygens (including phenoxy) is 1. The first-order valence-corrected chi connectivity index (χ1v) is 7.31. The van der Waals surface area contributed by atoms with Gasteiger partial charge in [-0.2, -0.15) is 4.98 Å². The molecule has 0 bridgehead atoms. The molecule has 1 saturated carbocycles. The van der Waals surface area contributed by atoms with Gasteiger partial charge in [-0.25, -0.2) is 0 Å². The Kier molecular flexibility index (Phi) is 4.93. The van der Waals surface area contributed by atoms with Crippen molar-refractivity contribution in [1.29, 1.82) is 0 Å². The normalized spacial score (nSPS) is 19.7. The summed E-state index contributed by atoms with van der Waals surface area (Å²) in [6.45, 7) is 5.08. The highest BCUT2D eigenvalue weighted by Crippen LogP contribution is 2.28. The molecule has 1 aromatic rings. The molecule has 0 aliphatic heterocycles. The first-order chi connectivity index (χ1) is 9.12. The van der Waals surface area contributed by atoms with E-state index in [9.17, 15) is 0 Å². The lowest BCUT2D eigenvalue weighted by Crippen LogP contribution is -2.39. The number of nitrogens with two attached hydrogens (primary N) is 1. The average Bonchev–Trinajstić information content (AvgIpc) is 3.01. The van der Waals surface area contributed by atoms with Crippen LogP contribution in [0.2, 0.25) is 0 Å². The second kappa shape index (κ2) is 6.48.